The van der Waals surface area contributed by atoms with E-state index in [1.807, 2.05) is 0 Å². The molecule has 2 aromatic carbocycles. The number of aromatic nitrogens is 1. The number of anilines is 1. The van der Waals surface area contributed by atoms with Gasteiger partial charge in [0, 0.05) is 19.7 Å². The standard InChI is InChI=1S/C22H21F2N3O4S/c1-3-31-17-11-16(12-25-13-17)26-32(29,30)21-7-5-4-6-18(21)22(28)27(2)14-15-8-9-19(23)20(24)10-15/h4-13,26H,3,14H2,1-2H3. The van der Waals surface area contributed by atoms with Crippen molar-refractivity contribution in [1.29, 1.82) is 0 Å². The number of hydrogen-bond donors (Lipinski definition) is 1. The van der Waals surface area contributed by atoms with Gasteiger partial charge in [-0.15, -0.1) is 0 Å². The molecule has 1 heterocycles. The van der Waals surface area contributed by atoms with E-state index in [-0.39, 0.29) is 22.7 Å². The molecule has 32 heavy (non-hydrogen) atoms. The first-order valence-corrected chi connectivity index (χ1v) is 11.1. The van der Waals surface area contributed by atoms with Gasteiger partial charge in [-0.1, -0.05) is 18.2 Å². The van der Waals surface area contributed by atoms with Crippen LogP contribution in [-0.2, 0) is 16.6 Å². The third-order valence-corrected chi connectivity index (χ3v) is 5.87. The van der Waals surface area contributed by atoms with Crippen LogP contribution in [0.1, 0.15) is 22.8 Å². The SMILES string of the molecule is CCOc1cncc(NS(=O)(=O)c2ccccc2C(=O)N(C)Cc2ccc(F)c(F)c2)c1. The van der Waals surface area contributed by atoms with Crippen LogP contribution in [0.2, 0.25) is 0 Å². The van der Waals surface area contributed by atoms with Gasteiger partial charge < -0.3 is 9.64 Å². The normalized spacial score (nSPS) is 11.1. The minimum atomic E-state index is -4.14. The van der Waals surface area contributed by atoms with E-state index < -0.39 is 27.6 Å². The van der Waals surface area contributed by atoms with Gasteiger partial charge in [-0.2, -0.15) is 0 Å². The fourth-order valence-corrected chi connectivity index (χ4v) is 4.23. The molecule has 0 saturated carbocycles. The molecular formula is C22H21F2N3O4S. The maximum absolute atomic E-state index is 13.5. The van der Waals surface area contributed by atoms with E-state index >= 15 is 0 Å². The van der Waals surface area contributed by atoms with Crippen molar-refractivity contribution < 1.29 is 26.7 Å². The van der Waals surface area contributed by atoms with Crippen LogP contribution in [0.15, 0.2) is 65.8 Å². The molecule has 0 aliphatic heterocycles. The van der Waals surface area contributed by atoms with Crippen molar-refractivity contribution in [3.8, 4) is 5.75 Å². The summed E-state index contributed by atoms with van der Waals surface area (Å²) in [6.07, 6.45) is 2.77. The summed E-state index contributed by atoms with van der Waals surface area (Å²) in [5.41, 5.74) is 0.462. The molecule has 168 valence electrons. The molecule has 0 radical (unpaired) electrons. The van der Waals surface area contributed by atoms with Crippen LogP contribution in [0.4, 0.5) is 14.5 Å². The fourth-order valence-electron chi connectivity index (χ4n) is 3.00. The molecule has 0 aliphatic carbocycles. The summed E-state index contributed by atoms with van der Waals surface area (Å²) in [4.78, 5) is 17.9. The third-order valence-electron chi connectivity index (χ3n) is 4.43. The lowest BCUT2D eigenvalue weighted by Crippen LogP contribution is -2.28. The highest BCUT2D eigenvalue weighted by Gasteiger charge is 2.24. The first kappa shape index (κ1) is 23.1. The van der Waals surface area contributed by atoms with E-state index in [1.54, 1.807) is 6.92 Å². The predicted octanol–water partition coefficient (Wildman–Crippen LogP) is 3.83. The highest BCUT2D eigenvalue weighted by atomic mass is 32.2. The minimum absolute atomic E-state index is 0.0435. The monoisotopic (exact) mass is 461 g/mol. The van der Waals surface area contributed by atoms with Gasteiger partial charge in [0.15, 0.2) is 11.6 Å². The quantitative estimate of drug-likeness (QED) is 0.551. The second-order valence-corrected chi connectivity index (χ2v) is 8.50. The van der Waals surface area contributed by atoms with Crippen LogP contribution in [0, 0.1) is 11.6 Å². The summed E-state index contributed by atoms with van der Waals surface area (Å²) < 4.78 is 60.4. The van der Waals surface area contributed by atoms with Gasteiger partial charge in [0.1, 0.15) is 10.6 Å². The van der Waals surface area contributed by atoms with Crippen LogP contribution in [0.25, 0.3) is 0 Å². The Hall–Kier alpha value is -3.53. The van der Waals surface area contributed by atoms with Gasteiger partial charge in [-0.05, 0) is 36.8 Å². The number of amides is 1. The summed E-state index contributed by atoms with van der Waals surface area (Å²) in [6, 6.07) is 10.5. The molecule has 1 amide bonds. The Kier molecular flexibility index (Phi) is 7.04. The number of sulfonamides is 1. The van der Waals surface area contributed by atoms with Crippen molar-refractivity contribution in [3.05, 3.63) is 83.7 Å². The molecule has 0 saturated heterocycles. The summed E-state index contributed by atoms with van der Waals surface area (Å²) in [5.74, 6) is -2.23. The molecule has 10 heteroatoms. The van der Waals surface area contributed by atoms with Crippen LogP contribution in [0.3, 0.4) is 0 Å². The van der Waals surface area contributed by atoms with Crippen LogP contribution >= 0.6 is 0 Å². The van der Waals surface area contributed by atoms with Gasteiger partial charge in [0.25, 0.3) is 15.9 Å². The fraction of sp³-hybridized carbons (Fsp3) is 0.182. The number of hydrogen-bond acceptors (Lipinski definition) is 5. The Morgan fingerprint density at radius 2 is 1.84 bits per heavy atom. The molecule has 0 aliphatic rings. The maximum Gasteiger partial charge on any atom is 0.262 e. The number of nitrogens with one attached hydrogen (secondary N) is 1. The Morgan fingerprint density at radius 3 is 2.56 bits per heavy atom. The van der Waals surface area contributed by atoms with Crippen molar-refractivity contribution in [3.63, 3.8) is 0 Å². The Bertz CT molecular complexity index is 1240. The average molecular weight is 461 g/mol. The smallest absolute Gasteiger partial charge is 0.262 e. The number of rotatable bonds is 8. The first-order valence-electron chi connectivity index (χ1n) is 9.60. The predicted molar refractivity (Wildman–Crippen MR) is 115 cm³/mol. The van der Waals surface area contributed by atoms with Gasteiger partial charge in [0.05, 0.1) is 30.3 Å². The summed E-state index contributed by atoms with van der Waals surface area (Å²) in [5, 5.41) is 0. The van der Waals surface area contributed by atoms with Crippen molar-refractivity contribution >= 4 is 21.6 Å². The molecule has 0 bridgehead atoms. The van der Waals surface area contributed by atoms with Crippen molar-refractivity contribution in [1.82, 2.24) is 9.88 Å². The lowest BCUT2D eigenvalue weighted by Gasteiger charge is -2.19. The molecule has 1 N–H and O–H groups in total. The topological polar surface area (TPSA) is 88.6 Å². The Morgan fingerprint density at radius 1 is 1.09 bits per heavy atom. The molecular weight excluding hydrogens is 440 g/mol. The van der Waals surface area contributed by atoms with Gasteiger partial charge in [-0.3, -0.25) is 14.5 Å². The number of ether oxygens (including phenoxy) is 1. The van der Waals surface area contributed by atoms with Crippen LogP contribution < -0.4 is 9.46 Å². The van der Waals surface area contributed by atoms with Crippen molar-refractivity contribution in [2.24, 2.45) is 0 Å². The van der Waals surface area contributed by atoms with E-state index in [0.717, 1.165) is 12.1 Å². The summed E-state index contributed by atoms with van der Waals surface area (Å²) >= 11 is 0. The number of carbonyl (C=O) groups excluding carboxylic acids is 1. The Labute approximate surface area is 184 Å². The molecule has 0 spiro atoms. The summed E-state index contributed by atoms with van der Waals surface area (Å²) in [6.45, 7) is 2.13. The second-order valence-electron chi connectivity index (χ2n) is 6.85. The van der Waals surface area contributed by atoms with E-state index in [2.05, 4.69) is 9.71 Å². The van der Waals surface area contributed by atoms with E-state index in [0.29, 0.717) is 17.9 Å². The van der Waals surface area contributed by atoms with Crippen LogP contribution in [-0.4, -0.2) is 37.9 Å². The number of carbonyl (C=O) groups is 1. The maximum atomic E-state index is 13.5. The highest BCUT2D eigenvalue weighted by Crippen LogP contribution is 2.23. The first-order chi connectivity index (χ1) is 15.2. The Balaban J connectivity index is 1.86. The second kappa shape index (κ2) is 9.73. The lowest BCUT2D eigenvalue weighted by molar-refractivity contribution is 0.0781. The highest BCUT2D eigenvalue weighted by molar-refractivity contribution is 7.92. The molecule has 3 rings (SSSR count). The van der Waals surface area contributed by atoms with Crippen molar-refractivity contribution in [2.75, 3.05) is 18.4 Å². The van der Waals surface area contributed by atoms with E-state index in [1.165, 1.54) is 60.7 Å². The van der Waals surface area contributed by atoms with Crippen molar-refractivity contribution in [2.45, 2.75) is 18.4 Å². The van der Waals surface area contributed by atoms with Gasteiger partial charge >= 0.3 is 0 Å². The largest absolute Gasteiger partial charge is 0.492 e. The lowest BCUT2D eigenvalue weighted by atomic mass is 10.1. The zero-order chi connectivity index (χ0) is 23.3. The summed E-state index contributed by atoms with van der Waals surface area (Å²) in [7, 11) is -2.70. The van der Waals surface area contributed by atoms with Gasteiger partial charge in [0.2, 0.25) is 0 Å². The van der Waals surface area contributed by atoms with E-state index in [9.17, 15) is 22.0 Å². The number of nitrogens with zero attached hydrogens (tertiary/aromatic N) is 2. The average Bonchev–Trinajstić information content (AvgIpc) is 2.76. The zero-order valence-electron chi connectivity index (χ0n) is 17.4. The van der Waals surface area contributed by atoms with E-state index in [4.69, 9.17) is 4.74 Å². The van der Waals surface area contributed by atoms with Crippen LogP contribution in [0.5, 0.6) is 5.75 Å². The molecule has 7 nitrogen and oxygen atoms in total. The molecule has 0 unspecified atom stereocenters. The molecule has 0 atom stereocenters. The zero-order valence-corrected chi connectivity index (χ0v) is 18.2. The third kappa shape index (κ3) is 5.38. The number of pyridine rings is 1. The number of benzene rings is 2. The molecule has 0 fully saturated rings. The molecule has 1 aromatic heterocycles. The minimum Gasteiger partial charge on any atom is -0.492 e. The van der Waals surface area contributed by atoms with Gasteiger partial charge in [-0.25, -0.2) is 17.2 Å². The molecule has 3 aromatic rings. The number of halogens is 2.